The first kappa shape index (κ1) is 32.7. The highest BCUT2D eigenvalue weighted by Crippen LogP contribution is 2.26. The molecule has 0 fully saturated rings. The fraction of sp³-hybridized carbons (Fsp3) is 0.458. The first-order chi connectivity index (χ1) is 17.3. The molecule has 0 rings (SSSR count). The minimum Gasteiger partial charge on any atom is -0.476 e. The first-order valence-corrected chi connectivity index (χ1v) is 10.5. The number of hydrogen-bond donors (Lipinski definition) is 1. The molecule has 0 aromatic carbocycles. The van der Waals surface area contributed by atoms with Crippen LogP contribution in [0.15, 0.2) is 63.5 Å². The van der Waals surface area contributed by atoms with Crippen molar-refractivity contribution in [2.45, 2.75) is 5.79 Å². The Morgan fingerprint density at radius 1 is 0.694 bits per heavy atom. The molecule has 0 radical (unpaired) electrons. The molecule has 0 aromatic rings. The molecule has 0 aliphatic carbocycles. The van der Waals surface area contributed by atoms with E-state index in [0.717, 1.165) is 24.5 Å². The van der Waals surface area contributed by atoms with E-state index >= 15 is 0 Å². The lowest BCUT2D eigenvalue weighted by Crippen LogP contribution is -2.51. The molecule has 0 aliphatic rings. The Hall–Kier alpha value is -3.29. The van der Waals surface area contributed by atoms with Crippen LogP contribution < -0.4 is 0 Å². The minimum atomic E-state index is -1.82. The van der Waals surface area contributed by atoms with Crippen molar-refractivity contribution in [1.82, 2.24) is 0 Å². The van der Waals surface area contributed by atoms with Crippen LogP contribution in [-0.2, 0) is 52.3 Å². The van der Waals surface area contributed by atoms with Crippen LogP contribution in [0.3, 0.4) is 0 Å². The Labute approximate surface area is 210 Å². The van der Waals surface area contributed by atoms with Gasteiger partial charge in [0.15, 0.2) is 13.6 Å². The lowest BCUT2D eigenvalue weighted by molar-refractivity contribution is -0.317. The molecule has 0 aromatic heterocycles. The summed E-state index contributed by atoms with van der Waals surface area (Å²) in [5, 5.41) is 10.1. The maximum absolute atomic E-state index is 11.7. The minimum absolute atomic E-state index is 0.151. The van der Waals surface area contributed by atoms with Crippen molar-refractivity contribution in [3.63, 3.8) is 0 Å². The van der Waals surface area contributed by atoms with Crippen molar-refractivity contribution in [3.8, 4) is 0 Å². The topological polar surface area (TPSA) is 145 Å². The van der Waals surface area contributed by atoms with E-state index in [1.54, 1.807) is 0 Å². The predicted octanol–water partition coefficient (Wildman–Crippen LogP) is 1.18. The molecule has 12 heteroatoms. The fourth-order valence-electron chi connectivity index (χ4n) is 2.22. The van der Waals surface area contributed by atoms with E-state index in [2.05, 4.69) is 32.9 Å². The van der Waals surface area contributed by atoms with Gasteiger partial charge in [-0.25, -0.2) is 14.4 Å². The maximum atomic E-state index is 11.7. The second-order valence-electron chi connectivity index (χ2n) is 7.01. The molecule has 0 spiro atoms. The van der Waals surface area contributed by atoms with E-state index in [4.69, 9.17) is 37.9 Å². The zero-order chi connectivity index (χ0) is 27.3. The van der Waals surface area contributed by atoms with Gasteiger partial charge in [-0.3, -0.25) is 0 Å². The van der Waals surface area contributed by atoms with Gasteiger partial charge in [-0.05, 0) is 0 Å². The second-order valence-corrected chi connectivity index (χ2v) is 7.01. The number of aliphatic hydroxyl groups excluding tert-OH is 1. The third-order valence-electron chi connectivity index (χ3n) is 4.18. The van der Waals surface area contributed by atoms with Crippen LogP contribution in [0.5, 0.6) is 0 Å². The Kier molecular flexibility index (Phi) is 17.2. The Morgan fingerprint density at radius 2 is 1.22 bits per heavy atom. The summed E-state index contributed by atoms with van der Waals surface area (Å²) in [4.78, 5) is 35.2. The van der Waals surface area contributed by atoms with Gasteiger partial charge in [-0.1, -0.05) is 32.4 Å². The standard InChI is InChI=1S/C24H34O12/c1-6-11-30-19-36-24(12-25,17-31-18-29-10-5)35-16-23(13-32-20(26)7-2,14-33-21(27)8-3)15-34-22(28)9-4/h6-10,25H,1-5,11-19H2. The monoisotopic (exact) mass is 514 g/mol. The van der Waals surface area contributed by atoms with Crippen molar-refractivity contribution < 1.29 is 57.4 Å². The summed E-state index contributed by atoms with van der Waals surface area (Å²) in [5.41, 5.74) is -1.46. The number of aliphatic hydroxyl groups is 1. The van der Waals surface area contributed by atoms with Crippen LogP contribution >= 0.6 is 0 Å². The highest BCUT2D eigenvalue weighted by Gasteiger charge is 2.41. The summed E-state index contributed by atoms with van der Waals surface area (Å²) >= 11 is 0. The second kappa shape index (κ2) is 19.0. The van der Waals surface area contributed by atoms with Gasteiger partial charge in [0.05, 0.1) is 31.5 Å². The lowest BCUT2D eigenvalue weighted by atomic mass is 9.92. The lowest BCUT2D eigenvalue weighted by Gasteiger charge is -2.37. The third-order valence-corrected chi connectivity index (χ3v) is 4.18. The number of rotatable bonds is 23. The highest BCUT2D eigenvalue weighted by atomic mass is 16.8. The number of esters is 3. The largest absolute Gasteiger partial charge is 0.476 e. The van der Waals surface area contributed by atoms with E-state index in [1.807, 2.05) is 0 Å². The maximum Gasteiger partial charge on any atom is 0.330 e. The summed E-state index contributed by atoms with van der Waals surface area (Å²) in [5.74, 6) is -4.20. The fourth-order valence-corrected chi connectivity index (χ4v) is 2.22. The van der Waals surface area contributed by atoms with E-state index < -0.39 is 62.1 Å². The van der Waals surface area contributed by atoms with Crippen LogP contribution in [0.1, 0.15) is 0 Å². The van der Waals surface area contributed by atoms with Crippen molar-refractivity contribution in [1.29, 1.82) is 0 Å². The summed E-state index contributed by atoms with van der Waals surface area (Å²) < 4.78 is 42.3. The van der Waals surface area contributed by atoms with Gasteiger partial charge >= 0.3 is 17.9 Å². The zero-order valence-electron chi connectivity index (χ0n) is 20.2. The summed E-state index contributed by atoms with van der Waals surface area (Å²) in [6.45, 7) is 13.6. The molecule has 36 heavy (non-hydrogen) atoms. The molecule has 0 saturated carbocycles. The molecule has 1 atom stereocenters. The molecule has 12 nitrogen and oxygen atoms in total. The van der Waals surface area contributed by atoms with Crippen LogP contribution in [0.25, 0.3) is 0 Å². The van der Waals surface area contributed by atoms with Crippen LogP contribution in [0.2, 0.25) is 0 Å². The van der Waals surface area contributed by atoms with Gasteiger partial charge in [-0.15, -0.1) is 6.58 Å². The highest BCUT2D eigenvalue weighted by molar-refractivity contribution is 5.82. The molecule has 0 amide bonds. The van der Waals surface area contributed by atoms with Crippen molar-refractivity contribution >= 4 is 17.9 Å². The molecule has 0 heterocycles. The number of hydrogen-bond acceptors (Lipinski definition) is 12. The molecular formula is C24H34O12. The number of carbonyl (C=O) groups excluding carboxylic acids is 3. The predicted molar refractivity (Wildman–Crippen MR) is 126 cm³/mol. The Balaban J connectivity index is 5.94. The van der Waals surface area contributed by atoms with Crippen LogP contribution in [0.4, 0.5) is 0 Å². The smallest absolute Gasteiger partial charge is 0.330 e. The number of ether oxygens (including phenoxy) is 8. The van der Waals surface area contributed by atoms with Gasteiger partial charge in [0, 0.05) is 18.2 Å². The molecule has 1 N–H and O–H groups in total. The molecule has 0 bridgehead atoms. The molecule has 0 aliphatic heterocycles. The van der Waals surface area contributed by atoms with Crippen molar-refractivity contribution in [3.05, 3.63) is 63.5 Å². The van der Waals surface area contributed by atoms with Gasteiger partial charge in [0.25, 0.3) is 0 Å². The first-order valence-electron chi connectivity index (χ1n) is 10.5. The SMILES string of the molecule is C=CCOCOC(CO)(COCOC=C)OCC(COC(=O)C=C)(COC(=O)C=C)COC(=O)C=C. The van der Waals surface area contributed by atoms with Gasteiger partial charge in [0.1, 0.15) is 26.4 Å². The van der Waals surface area contributed by atoms with Crippen molar-refractivity contribution in [2.75, 3.05) is 59.8 Å². The number of carbonyl (C=O) groups is 3. The average Bonchev–Trinajstić information content (AvgIpc) is 2.91. The zero-order valence-corrected chi connectivity index (χ0v) is 20.2. The van der Waals surface area contributed by atoms with E-state index in [1.165, 1.54) is 6.08 Å². The van der Waals surface area contributed by atoms with Crippen molar-refractivity contribution in [2.24, 2.45) is 5.41 Å². The Morgan fingerprint density at radius 3 is 1.64 bits per heavy atom. The summed E-state index contributed by atoms with van der Waals surface area (Å²) in [6.07, 6.45) is 5.39. The molecule has 202 valence electrons. The average molecular weight is 515 g/mol. The summed E-state index contributed by atoms with van der Waals surface area (Å²) in [6, 6.07) is 0. The van der Waals surface area contributed by atoms with Gasteiger partial charge in [-0.2, -0.15) is 0 Å². The molecule has 1 unspecified atom stereocenters. The normalized spacial score (nSPS) is 12.4. The van der Waals surface area contributed by atoms with Crippen LogP contribution in [0, 0.1) is 5.41 Å². The molecule has 0 saturated heterocycles. The Bertz CT molecular complexity index is 670. The van der Waals surface area contributed by atoms with Gasteiger partial charge in [0.2, 0.25) is 5.79 Å². The van der Waals surface area contributed by atoms with Gasteiger partial charge < -0.3 is 43.0 Å². The third kappa shape index (κ3) is 13.6. The molecular weight excluding hydrogens is 480 g/mol. The van der Waals surface area contributed by atoms with Crippen LogP contribution in [-0.4, -0.2) is 88.6 Å². The summed E-state index contributed by atoms with van der Waals surface area (Å²) in [7, 11) is 0. The quantitative estimate of drug-likeness (QED) is 0.0397. The van der Waals surface area contributed by atoms with E-state index in [-0.39, 0.29) is 26.8 Å². The van der Waals surface area contributed by atoms with E-state index in [0.29, 0.717) is 0 Å². The van der Waals surface area contributed by atoms with E-state index in [9.17, 15) is 19.5 Å².